The number of aliphatic hydroxyl groups is 1. The normalized spacial score (nSPS) is 20.2. The number of rotatable bonds is 13. The lowest BCUT2D eigenvalue weighted by Gasteiger charge is -2.34. The first-order valence-corrected chi connectivity index (χ1v) is 17.0. The second-order valence-corrected chi connectivity index (χ2v) is 13.9. The molecule has 2 aliphatic heterocycles. The molecule has 2 aliphatic rings. The Morgan fingerprint density at radius 3 is 2.49 bits per heavy atom. The summed E-state index contributed by atoms with van der Waals surface area (Å²) in [6.45, 7) is 5.92. The fourth-order valence-electron chi connectivity index (χ4n) is 6.26. The fraction of sp³-hybridized carbons (Fsp3) is 0.459. The number of hydrogen-bond acceptors (Lipinski definition) is 9. The standard InChI is InChI=1S/C37H46FN5O8/c1-37(2,3)32(41-35(46)48-4)33(45)40-29(18-23-10-12-25(13-11-23)26-8-6-15-39-19-26)30(44)21-43(20-24-7-5-9-27(38)17-24)42-36(47)51-31-22-50-34-28(31)14-16-49-34/h5-13,15,17,19,28-32,34,44H,14,16,18,20-22H2,1-4H3,(H,40,45)(H,41,46)(H,42,47)/p+1. The maximum absolute atomic E-state index is 14.2. The minimum atomic E-state index is -1.27. The number of halogens is 1. The van der Waals surface area contributed by atoms with Crippen LogP contribution in [-0.4, -0.2) is 85.7 Å². The molecule has 0 spiro atoms. The second-order valence-electron chi connectivity index (χ2n) is 13.9. The number of aromatic amines is 1. The first-order valence-electron chi connectivity index (χ1n) is 17.0. The molecule has 3 amide bonds. The van der Waals surface area contributed by atoms with E-state index in [-0.39, 0.29) is 32.0 Å². The van der Waals surface area contributed by atoms with Crippen molar-refractivity contribution in [3.05, 3.63) is 90.0 Å². The van der Waals surface area contributed by atoms with Gasteiger partial charge in [0.1, 0.15) is 18.0 Å². The summed E-state index contributed by atoms with van der Waals surface area (Å²) in [5.74, 6) is -1.08. The molecule has 6 unspecified atom stereocenters. The van der Waals surface area contributed by atoms with Gasteiger partial charge in [-0.1, -0.05) is 57.2 Å². The van der Waals surface area contributed by atoms with E-state index < -0.39 is 59.9 Å². The predicted octanol–water partition coefficient (Wildman–Crippen LogP) is 3.37. The van der Waals surface area contributed by atoms with Crippen LogP contribution in [0.5, 0.6) is 0 Å². The average Bonchev–Trinajstić information content (AvgIpc) is 3.72. The summed E-state index contributed by atoms with van der Waals surface area (Å²) >= 11 is 0. The van der Waals surface area contributed by atoms with Gasteiger partial charge in [0, 0.05) is 24.7 Å². The first-order chi connectivity index (χ1) is 24.4. The van der Waals surface area contributed by atoms with E-state index in [1.54, 1.807) is 32.9 Å². The van der Waals surface area contributed by atoms with Crippen LogP contribution >= 0.6 is 0 Å². The number of hydrogen-bond donors (Lipinski definition) is 4. The number of pyridine rings is 1. The van der Waals surface area contributed by atoms with Gasteiger partial charge < -0.3 is 34.7 Å². The largest absolute Gasteiger partial charge is 0.453 e. The third-order valence-corrected chi connectivity index (χ3v) is 8.98. The maximum atomic E-state index is 14.2. The number of methoxy groups -OCH3 is 1. The van der Waals surface area contributed by atoms with Crippen LogP contribution in [0.1, 0.15) is 38.3 Å². The van der Waals surface area contributed by atoms with E-state index in [4.69, 9.17) is 18.9 Å². The molecule has 5 rings (SSSR count). The van der Waals surface area contributed by atoms with Gasteiger partial charge in [0.05, 0.1) is 38.4 Å². The molecule has 2 fully saturated rings. The Hall–Kier alpha value is -4.63. The molecule has 0 radical (unpaired) electrons. The maximum Gasteiger partial charge on any atom is 0.422 e. The predicted molar refractivity (Wildman–Crippen MR) is 183 cm³/mol. The van der Waals surface area contributed by atoms with Crippen LogP contribution in [0.4, 0.5) is 14.0 Å². The zero-order valence-corrected chi connectivity index (χ0v) is 29.3. The molecule has 0 bridgehead atoms. The van der Waals surface area contributed by atoms with Crippen molar-refractivity contribution in [3.63, 3.8) is 0 Å². The SMILES string of the molecule is COC(=O)NC(C(=O)NC(Cc1ccc(-c2ccc[nH+]c2)cc1)C(O)CN(Cc1cccc(F)c1)NC(=O)OC1COC2OCCC12)C(C)(C)C. The minimum absolute atomic E-state index is 0.0121. The number of alkyl carbamates (subject to hydrolysis) is 1. The monoisotopic (exact) mass is 708 g/mol. The Bertz CT molecular complexity index is 1620. The Morgan fingerprint density at radius 2 is 1.80 bits per heavy atom. The summed E-state index contributed by atoms with van der Waals surface area (Å²) in [4.78, 5) is 42.3. The number of nitrogens with zero attached hydrogens (tertiary/aromatic N) is 1. The molecule has 0 saturated carbocycles. The van der Waals surface area contributed by atoms with E-state index in [0.717, 1.165) is 16.7 Å². The lowest BCUT2D eigenvalue weighted by molar-refractivity contribution is -0.377. The number of hydrazine groups is 1. The van der Waals surface area contributed by atoms with Crippen LogP contribution in [0, 0.1) is 17.2 Å². The van der Waals surface area contributed by atoms with Crippen molar-refractivity contribution in [2.75, 3.05) is 26.9 Å². The van der Waals surface area contributed by atoms with Crippen molar-refractivity contribution in [3.8, 4) is 11.1 Å². The smallest absolute Gasteiger partial charge is 0.422 e. The molecule has 13 nitrogen and oxygen atoms in total. The highest BCUT2D eigenvalue weighted by Gasteiger charge is 2.44. The number of amides is 3. The van der Waals surface area contributed by atoms with Crippen molar-refractivity contribution in [2.24, 2.45) is 11.3 Å². The van der Waals surface area contributed by atoms with Crippen molar-refractivity contribution in [1.29, 1.82) is 0 Å². The number of carbonyl (C=O) groups excluding carboxylic acids is 3. The Morgan fingerprint density at radius 1 is 1.02 bits per heavy atom. The first kappa shape index (κ1) is 37.6. The zero-order valence-electron chi connectivity index (χ0n) is 29.3. The molecule has 1 aromatic heterocycles. The quantitative estimate of drug-likeness (QED) is 0.195. The highest BCUT2D eigenvalue weighted by molar-refractivity contribution is 5.86. The molecule has 3 aromatic rings. The van der Waals surface area contributed by atoms with Crippen LogP contribution in [0.25, 0.3) is 11.1 Å². The number of ether oxygens (including phenoxy) is 4. The molecular weight excluding hydrogens is 661 g/mol. The van der Waals surface area contributed by atoms with Crippen molar-refractivity contribution in [2.45, 2.75) is 70.7 Å². The van der Waals surface area contributed by atoms with E-state index in [1.807, 2.05) is 48.8 Å². The van der Waals surface area contributed by atoms with Crippen LogP contribution in [0.3, 0.4) is 0 Å². The van der Waals surface area contributed by atoms with Crippen molar-refractivity contribution in [1.82, 2.24) is 21.1 Å². The van der Waals surface area contributed by atoms with Gasteiger partial charge in [-0.15, -0.1) is 0 Å². The molecule has 5 N–H and O–H groups in total. The molecule has 274 valence electrons. The summed E-state index contributed by atoms with van der Waals surface area (Å²) in [5.41, 5.74) is 5.29. The van der Waals surface area contributed by atoms with Gasteiger partial charge in [-0.3, -0.25) is 10.2 Å². The summed E-state index contributed by atoms with van der Waals surface area (Å²) in [6.07, 6.45) is 0.849. The van der Waals surface area contributed by atoms with Gasteiger partial charge in [-0.2, -0.15) is 0 Å². The van der Waals surface area contributed by atoms with Crippen LogP contribution in [0.2, 0.25) is 0 Å². The zero-order chi connectivity index (χ0) is 36.5. The average molecular weight is 709 g/mol. The molecule has 0 aliphatic carbocycles. The number of nitrogens with one attached hydrogen (secondary N) is 4. The molecule has 6 atom stereocenters. The number of carbonyl (C=O) groups is 3. The molecule has 51 heavy (non-hydrogen) atoms. The van der Waals surface area contributed by atoms with E-state index in [2.05, 4.69) is 21.0 Å². The lowest BCUT2D eigenvalue weighted by atomic mass is 9.85. The summed E-state index contributed by atoms with van der Waals surface area (Å²) in [6, 6.07) is 15.6. The molecular formula is C37H47FN5O8+. The second kappa shape index (κ2) is 17.1. The van der Waals surface area contributed by atoms with Gasteiger partial charge in [0.25, 0.3) is 0 Å². The molecule has 3 heterocycles. The van der Waals surface area contributed by atoms with Gasteiger partial charge in [-0.25, -0.2) is 24.0 Å². The summed E-state index contributed by atoms with van der Waals surface area (Å²) < 4.78 is 35.8. The van der Waals surface area contributed by atoms with Gasteiger partial charge in [-0.05, 0) is 53.1 Å². The van der Waals surface area contributed by atoms with E-state index in [9.17, 15) is 23.9 Å². The lowest BCUT2D eigenvalue weighted by Crippen LogP contribution is -2.59. The number of aliphatic hydroxyl groups excluding tert-OH is 1. The highest BCUT2D eigenvalue weighted by atomic mass is 19.1. The van der Waals surface area contributed by atoms with Crippen LogP contribution in [0.15, 0.2) is 73.1 Å². The molecule has 2 aromatic carbocycles. The molecule has 2 saturated heterocycles. The van der Waals surface area contributed by atoms with E-state index in [0.29, 0.717) is 18.6 Å². The highest BCUT2D eigenvalue weighted by Crippen LogP contribution is 2.33. The van der Waals surface area contributed by atoms with E-state index >= 15 is 0 Å². The Labute approximate surface area is 296 Å². The molecule has 14 heteroatoms. The Balaban J connectivity index is 1.37. The van der Waals surface area contributed by atoms with Gasteiger partial charge in [0.15, 0.2) is 18.7 Å². The van der Waals surface area contributed by atoms with Crippen LogP contribution < -0.4 is 21.0 Å². The third-order valence-electron chi connectivity index (χ3n) is 8.98. The van der Waals surface area contributed by atoms with Crippen molar-refractivity contribution < 1.29 is 47.8 Å². The number of H-pyrrole nitrogens is 1. The van der Waals surface area contributed by atoms with Gasteiger partial charge >= 0.3 is 12.2 Å². The fourth-order valence-corrected chi connectivity index (χ4v) is 6.26. The van der Waals surface area contributed by atoms with Crippen LogP contribution in [-0.2, 0) is 36.7 Å². The van der Waals surface area contributed by atoms with Crippen molar-refractivity contribution >= 4 is 18.1 Å². The van der Waals surface area contributed by atoms with Gasteiger partial charge in [0.2, 0.25) is 5.91 Å². The Kier molecular flexibility index (Phi) is 12.6. The number of aromatic nitrogens is 1. The number of fused-ring (bicyclic) bond motifs is 1. The third kappa shape index (κ3) is 10.4. The summed E-state index contributed by atoms with van der Waals surface area (Å²) in [5, 5.41) is 18.8. The van der Waals surface area contributed by atoms with E-state index in [1.165, 1.54) is 24.3 Å². The summed E-state index contributed by atoms with van der Waals surface area (Å²) in [7, 11) is 1.21. The minimum Gasteiger partial charge on any atom is -0.453 e. The number of benzene rings is 2. The topological polar surface area (TPSA) is 162 Å².